The number of rotatable bonds is 2. The van der Waals surface area contributed by atoms with Crippen molar-refractivity contribution in [1.82, 2.24) is 0 Å². The van der Waals surface area contributed by atoms with Crippen molar-refractivity contribution in [3.05, 3.63) is 23.3 Å². The van der Waals surface area contributed by atoms with Crippen molar-refractivity contribution in [3.63, 3.8) is 0 Å². The van der Waals surface area contributed by atoms with E-state index in [1.54, 1.807) is 19.1 Å². The number of aliphatic hydroxyl groups excluding tert-OH is 1. The van der Waals surface area contributed by atoms with Crippen molar-refractivity contribution in [3.8, 4) is 11.5 Å². The minimum absolute atomic E-state index is 0.0791. The second-order valence-electron chi connectivity index (χ2n) is 2.56. The molecule has 1 rings (SSSR count). The van der Waals surface area contributed by atoms with Gasteiger partial charge in [-0.1, -0.05) is 0 Å². The molecule has 0 unspecified atom stereocenters. The van der Waals surface area contributed by atoms with E-state index in [9.17, 15) is 5.11 Å². The maximum absolute atomic E-state index is 9.29. The Morgan fingerprint density at radius 3 is 2.58 bits per heavy atom. The van der Waals surface area contributed by atoms with Crippen LogP contribution in [0, 0.1) is 6.92 Å². The van der Waals surface area contributed by atoms with Gasteiger partial charge in [0, 0.05) is 11.1 Å². The van der Waals surface area contributed by atoms with Crippen molar-refractivity contribution < 1.29 is 14.9 Å². The van der Waals surface area contributed by atoms with Crippen LogP contribution in [0.5, 0.6) is 11.5 Å². The molecule has 0 fully saturated rings. The number of aromatic hydroxyl groups is 1. The normalized spacial score (nSPS) is 9.92. The van der Waals surface area contributed by atoms with E-state index >= 15 is 0 Å². The van der Waals surface area contributed by atoms with Gasteiger partial charge in [0.1, 0.15) is 11.5 Å². The highest BCUT2D eigenvalue weighted by molar-refractivity contribution is 5.48. The third-order valence-corrected chi connectivity index (χ3v) is 1.83. The van der Waals surface area contributed by atoms with Gasteiger partial charge in [-0.05, 0) is 19.1 Å². The molecule has 0 atom stereocenters. The zero-order valence-electron chi connectivity index (χ0n) is 7.16. The first-order valence-corrected chi connectivity index (χ1v) is 3.67. The minimum Gasteiger partial charge on any atom is -0.508 e. The molecule has 12 heavy (non-hydrogen) atoms. The molecule has 0 saturated carbocycles. The van der Waals surface area contributed by atoms with E-state index in [-0.39, 0.29) is 12.4 Å². The van der Waals surface area contributed by atoms with E-state index in [1.807, 2.05) is 0 Å². The molecule has 2 N–H and O–H groups in total. The summed E-state index contributed by atoms with van der Waals surface area (Å²) >= 11 is 0. The highest BCUT2D eigenvalue weighted by Gasteiger charge is 2.08. The number of methoxy groups -OCH3 is 1. The van der Waals surface area contributed by atoms with E-state index in [0.29, 0.717) is 16.9 Å². The second-order valence-corrected chi connectivity index (χ2v) is 2.56. The van der Waals surface area contributed by atoms with Crippen LogP contribution < -0.4 is 4.74 Å². The molecule has 0 aromatic heterocycles. The van der Waals surface area contributed by atoms with Crippen LogP contribution in [0.2, 0.25) is 0 Å². The van der Waals surface area contributed by atoms with Gasteiger partial charge in [0.15, 0.2) is 0 Å². The fourth-order valence-electron chi connectivity index (χ4n) is 1.15. The van der Waals surface area contributed by atoms with E-state index in [4.69, 9.17) is 9.84 Å². The predicted molar refractivity (Wildman–Crippen MR) is 45.3 cm³/mol. The molecule has 0 radical (unpaired) electrons. The summed E-state index contributed by atoms with van der Waals surface area (Å²) < 4.78 is 5.03. The van der Waals surface area contributed by atoms with E-state index in [2.05, 4.69) is 0 Å². The zero-order chi connectivity index (χ0) is 9.14. The average Bonchev–Trinajstić information content (AvgIpc) is 2.09. The number of phenolic OH excluding ortho intramolecular Hbond substituents is 1. The SMILES string of the molecule is COc1c(CO)ccc(O)c1C. The van der Waals surface area contributed by atoms with Gasteiger partial charge < -0.3 is 14.9 Å². The smallest absolute Gasteiger partial charge is 0.130 e. The van der Waals surface area contributed by atoms with Gasteiger partial charge in [0.25, 0.3) is 0 Å². The zero-order valence-corrected chi connectivity index (χ0v) is 7.16. The Morgan fingerprint density at radius 2 is 2.08 bits per heavy atom. The Morgan fingerprint density at radius 1 is 1.42 bits per heavy atom. The van der Waals surface area contributed by atoms with E-state index in [1.165, 1.54) is 7.11 Å². The molecule has 1 aromatic carbocycles. The summed E-state index contributed by atoms with van der Waals surface area (Å²) in [7, 11) is 1.51. The molecule has 3 nitrogen and oxygen atoms in total. The van der Waals surface area contributed by atoms with Crippen LogP contribution in [0.3, 0.4) is 0 Å². The number of hydrogen-bond donors (Lipinski definition) is 2. The monoisotopic (exact) mass is 168 g/mol. The number of benzene rings is 1. The maximum Gasteiger partial charge on any atom is 0.130 e. The highest BCUT2D eigenvalue weighted by Crippen LogP contribution is 2.30. The fourth-order valence-corrected chi connectivity index (χ4v) is 1.15. The largest absolute Gasteiger partial charge is 0.508 e. The third kappa shape index (κ3) is 1.36. The van der Waals surface area contributed by atoms with E-state index < -0.39 is 0 Å². The maximum atomic E-state index is 9.29. The summed E-state index contributed by atoms with van der Waals surface area (Å²) in [5, 5.41) is 18.2. The second kappa shape index (κ2) is 3.45. The standard InChI is InChI=1S/C9H12O3/c1-6-8(11)4-3-7(5-10)9(6)12-2/h3-4,10-11H,5H2,1-2H3. The molecule has 0 aliphatic rings. The predicted octanol–water partition coefficient (Wildman–Crippen LogP) is 1.20. The molecule has 0 spiro atoms. The van der Waals surface area contributed by atoms with Gasteiger partial charge in [0.2, 0.25) is 0 Å². The van der Waals surface area contributed by atoms with Crippen LogP contribution in [0.25, 0.3) is 0 Å². The number of aliphatic hydroxyl groups is 1. The lowest BCUT2D eigenvalue weighted by Gasteiger charge is -2.10. The topological polar surface area (TPSA) is 49.7 Å². The Kier molecular flexibility index (Phi) is 2.55. The summed E-state index contributed by atoms with van der Waals surface area (Å²) in [6.07, 6.45) is 0. The lowest BCUT2D eigenvalue weighted by atomic mass is 10.1. The van der Waals surface area contributed by atoms with Crippen LogP contribution in [-0.2, 0) is 6.61 Å². The number of phenols is 1. The summed E-state index contributed by atoms with van der Waals surface area (Å²) in [5.74, 6) is 0.738. The van der Waals surface area contributed by atoms with Crippen LogP contribution in [-0.4, -0.2) is 17.3 Å². The van der Waals surface area contributed by atoms with Crippen molar-refractivity contribution in [2.45, 2.75) is 13.5 Å². The van der Waals surface area contributed by atoms with Gasteiger partial charge in [-0.2, -0.15) is 0 Å². The summed E-state index contributed by atoms with van der Waals surface area (Å²) in [5.41, 5.74) is 1.34. The first-order valence-electron chi connectivity index (χ1n) is 3.67. The molecule has 0 heterocycles. The quantitative estimate of drug-likeness (QED) is 0.697. The van der Waals surface area contributed by atoms with Crippen LogP contribution in [0.15, 0.2) is 12.1 Å². The van der Waals surface area contributed by atoms with E-state index in [0.717, 1.165) is 0 Å². The summed E-state index contributed by atoms with van der Waals surface area (Å²) in [6.45, 7) is 1.66. The molecule has 0 amide bonds. The van der Waals surface area contributed by atoms with Gasteiger partial charge in [-0.15, -0.1) is 0 Å². The lowest BCUT2D eigenvalue weighted by molar-refractivity contribution is 0.273. The van der Waals surface area contributed by atoms with Gasteiger partial charge >= 0.3 is 0 Å². The van der Waals surface area contributed by atoms with Crippen molar-refractivity contribution in [2.24, 2.45) is 0 Å². The van der Waals surface area contributed by atoms with Crippen LogP contribution >= 0.6 is 0 Å². The number of hydrogen-bond acceptors (Lipinski definition) is 3. The minimum atomic E-state index is -0.0791. The molecule has 66 valence electrons. The molecular formula is C9H12O3. The third-order valence-electron chi connectivity index (χ3n) is 1.83. The summed E-state index contributed by atoms with van der Waals surface area (Å²) in [4.78, 5) is 0. The van der Waals surface area contributed by atoms with Crippen LogP contribution in [0.1, 0.15) is 11.1 Å². The molecule has 1 aromatic rings. The first kappa shape index (κ1) is 8.87. The molecule has 0 aliphatic carbocycles. The molecular weight excluding hydrogens is 156 g/mol. The van der Waals surface area contributed by atoms with Crippen molar-refractivity contribution in [1.29, 1.82) is 0 Å². The molecule has 0 saturated heterocycles. The van der Waals surface area contributed by atoms with Gasteiger partial charge in [0.05, 0.1) is 13.7 Å². The van der Waals surface area contributed by atoms with Crippen molar-refractivity contribution in [2.75, 3.05) is 7.11 Å². The average molecular weight is 168 g/mol. The Bertz CT molecular complexity index is 281. The van der Waals surface area contributed by atoms with Gasteiger partial charge in [-0.3, -0.25) is 0 Å². The van der Waals surface area contributed by atoms with Gasteiger partial charge in [-0.25, -0.2) is 0 Å². The fraction of sp³-hybridized carbons (Fsp3) is 0.333. The molecule has 3 heteroatoms. The van der Waals surface area contributed by atoms with Crippen LogP contribution in [0.4, 0.5) is 0 Å². The Labute approximate surface area is 71.2 Å². The first-order chi connectivity index (χ1) is 5.70. The Hall–Kier alpha value is -1.22. The lowest BCUT2D eigenvalue weighted by Crippen LogP contribution is -1.94. The Balaban J connectivity index is 3.25. The summed E-state index contributed by atoms with van der Waals surface area (Å²) in [6, 6.07) is 3.19. The van der Waals surface area contributed by atoms with Crippen molar-refractivity contribution >= 4 is 0 Å². The highest BCUT2D eigenvalue weighted by atomic mass is 16.5. The number of ether oxygens (including phenoxy) is 1. The molecule has 0 aliphatic heterocycles. The molecule has 0 bridgehead atoms.